The summed E-state index contributed by atoms with van der Waals surface area (Å²) in [6.07, 6.45) is 0. The first-order chi connectivity index (χ1) is 13.5. The van der Waals surface area contributed by atoms with E-state index in [4.69, 9.17) is 14.5 Å². The molecule has 2 aromatic carbocycles. The standard InChI is InChI=1S/C22H32N4O2.HI/c1-6-23-22(24-14-17-8-7-9-19(12-17)16-26(2)3)25-15-18-10-11-20(27-4)21(13-18)28-5;/h7-13H,6,14-16H2,1-5H3,(H2,23,24,25);1H. The molecular weight excluding hydrogens is 479 g/mol. The van der Waals surface area contributed by atoms with Crippen LogP contribution >= 0.6 is 24.0 Å². The lowest BCUT2D eigenvalue weighted by Gasteiger charge is -2.14. The fourth-order valence-corrected chi connectivity index (χ4v) is 2.88. The van der Waals surface area contributed by atoms with Gasteiger partial charge in [-0.3, -0.25) is 0 Å². The Bertz CT molecular complexity index is 781. The van der Waals surface area contributed by atoms with E-state index < -0.39 is 0 Å². The Morgan fingerprint density at radius 3 is 2.31 bits per heavy atom. The Hall–Kier alpha value is -2.00. The predicted octanol–water partition coefficient (Wildman–Crippen LogP) is 3.64. The van der Waals surface area contributed by atoms with Crippen LogP contribution in [0.5, 0.6) is 11.5 Å². The van der Waals surface area contributed by atoms with Crippen LogP contribution in [0.3, 0.4) is 0 Å². The highest BCUT2D eigenvalue weighted by atomic mass is 127. The molecule has 6 nitrogen and oxygen atoms in total. The van der Waals surface area contributed by atoms with Gasteiger partial charge in [0.2, 0.25) is 0 Å². The fraction of sp³-hybridized carbons (Fsp3) is 0.409. The van der Waals surface area contributed by atoms with Crippen molar-refractivity contribution >= 4 is 29.9 Å². The number of hydrogen-bond donors (Lipinski definition) is 2. The molecule has 2 rings (SSSR count). The Labute approximate surface area is 191 Å². The number of halogens is 1. The lowest BCUT2D eigenvalue weighted by Crippen LogP contribution is -2.36. The second-order valence-corrected chi connectivity index (χ2v) is 6.80. The molecule has 0 unspecified atom stereocenters. The third-order valence-corrected chi connectivity index (χ3v) is 4.16. The number of rotatable bonds is 9. The first-order valence-electron chi connectivity index (χ1n) is 9.51. The smallest absolute Gasteiger partial charge is 0.191 e. The maximum atomic E-state index is 5.37. The highest BCUT2D eigenvalue weighted by Crippen LogP contribution is 2.27. The fourth-order valence-electron chi connectivity index (χ4n) is 2.88. The van der Waals surface area contributed by atoms with Crippen LogP contribution in [0.4, 0.5) is 0 Å². The normalized spacial score (nSPS) is 11.0. The zero-order chi connectivity index (χ0) is 20.4. The van der Waals surface area contributed by atoms with Crippen LogP contribution in [-0.4, -0.2) is 45.7 Å². The van der Waals surface area contributed by atoms with Crippen molar-refractivity contribution in [3.05, 3.63) is 59.2 Å². The van der Waals surface area contributed by atoms with E-state index >= 15 is 0 Å². The molecule has 0 fully saturated rings. The molecule has 0 radical (unpaired) electrons. The molecule has 0 heterocycles. The van der Waals surface area contributed by atoms with Gasteiger partial charge >= 0.3 is 0 Å². The number of aliphatic imine (C=N–C) groups is 1. The first-order valence-corrected chi connectivity index (χ1v) is 9.51. The molecule has 0 atom stereocenters. The first kappa shape index (κ1) is 25.0. The van der Waals surface area contributed by atoms with E-state index in [9.17, 15) is 0 Å². The molecule has 0 aromatic heterocycles. The molecule has 0 aliphatic carbocycles. The summed E-state index contributed by atoms with van der Waals surface area (Å²) in [6.45, 7) is 5.06. The number of benzene rings is 2. The predicted molar refractivity (Wildman–Crippen MR) is 130 cm³/mol. The minimum absolute atomic E-state index is 0. The van der Waals surface area contributed by atoms with Crippen molar-refractivity contribution in [1.82, 2.24) is 15.5 Å². The highest BCUT2D eigenvalue weighted by molar-refractivity contribution is 14.0. The molecular formula is C22H33IN4O2. The number of methoxy groups -OCH3 is 2. The quantitative estimate of drug-likeness (QED) is 0.305. The highest BCUT2D eigenvalue weighted by Gasteiger charge is 2.05. The van der Waals surface area contributed by atoms with Crippen molar-refractivity contribution in [2.75, 3.05) is 34.9 Å². The van der Waals surface area contributed by atoms with Crippen LogP contribution < -0.4 is 20.1 Å². The van der Waals surface area contributed by atoms with E-state index in [0.717, 1.165) is 36.1 Å². The maximum absolute atomic E-state index is 5.37. The van der Waals surface area contributed by atoms with E-state index in [0.29, 0.717) is 13.1 Å². The van der Waals surface area contributed by atoms with Gasteiger partial charge in [0.25, 0.3) is 0 Å². The summed E-state index contributed by atoms with van der Waals surface area (Å²) in [6, 6.07) is 14.5. The summed E-state index contributed by atoms with van der Waals surface area (Å²) in [7, 11) is 7.43. The number of guanidine groups is 1. The molecule has 2 N–H and O–H groups in total. The van der Waals surface area contributed by atoms with Crippen molar-refractivity contribution in [2.45, 2.75) is 26.6 Å². The van der Waals surface area contributed by atoms with Crippen LogP contribution in [0, 0.1) is 0 Å². The molecule has 160 valence electrons. The summed E-state index contributed by atoms with van der Waals surface area (Å²) < 4.78 is 10.7. The summed E-state index contributed by atoms with van der Waals surface area (Å²) in [5.74, 6) is 2.24. The maximum Gasteiger partial charge on any atom is 0.191 e. The summed E-state index contributed by atoms with van der Waals surface area (Å²) in [5, 5.41) is 6.67. The van der Waals surface area contributed by atoms with Crippen LogP contribution in [0.15, 0.2) is 47.5 Å². The molecule has 0 amide bonds. The topological polar surface area (TPSA) is 58.1 Å². The van der Waals surface area contributed by atoms with Gasteiger partial charge in [-0.25, -0.2) is 4.99 Å². The molecule has 29 heavy (non-hydrogen) atoms. The third kappa shape index (κ3) is 8.49. The SMILES string of the molecule is CCNC(=NCc1cccc(CN(C)C)c1)NCc1ccc(OC)c(OC)c1.I. The Morgan fingerprint density at radius 1 is 0.931 bits per heavy atom. The van der Waals surface area contributed by atoms with Crippen LogP contribution in [0.1, 0.15) is 23.6 Å². The van der Waals surface area contributed by atoms with Crippen molar-refractivity contribution in [3.8, 4) is 11.5 Å². The van der Waals surface area contributed by atoms with Crippen LogP contribution in [-0.2, 0) is 19.6 Å². The molecule has 0 aliphatic heterocycles. The summed E-state index contributed by atoms with van der Waals surface area (Å²) in [5.41, 5.74) is 3.58. The van der Waals surface area contributed by atoms with Crippen LogP contribution in [0.25, 0.3) is 0 Å². The molecule has 0 aliphatic rings. The molecule has 2 aromatic rings. The van der Waals surface area contributed by atoms with Crippen molar-refractivity contribution in [3.63, 3.8) is 0 Å². The summed E-state index contributed by atoms with van der Waals surface area (Å²) in [4.78, 5) is 6.88. The Morgan fingerprint density at radius 2 is 1.66 bits per heavy atom. The molecule has 0 spiro atoms. The zero-order valence-electron chi connectivity index (χ0n) is 18.0. The van der Waals surface area contributed by atoms with Gasteiger partial charge in [-0.1, -0.05) is 30.3 Å². The molecule has 0 saturated heterocycles. The average molecular weight is 512 g/mol. The van der Waals surface area contributed by atoms with E-state index in [1.165, 1.54) is 11.1 Å². The van der Waals surface area contributed by atoms with E-state index in [1.807, 2.05) is 18.2 Å². The second kappa shape index (κ2) is 13.3. The van der Waals surface area contributed by atoms with Gasteiger partial charge in [0.15, 0.2) is 17.5 Å². The van der Waals surface area contributed by atoms with Gasteiger partial charge < -0.3 is 25.0 Å². The largest absolute Gasteiger partial charge is 0.493 e. The van der Waals surface area contributed by atoms with Gasteiger partial charge in [0.1, 0.15) is 0 Å². The van der Waals surface area contributed by atoms with Crippen molar-refractivity contribution in [1.29, 1.82) is 0 Å². The number of nitrogens with zero attached hydrogens (tertiary/aromatic N) is 2. The molecule has 0 bridgehead atoms. The van der Waals surface area contributed by atoms with E-state index in [2.05, 4.69) is 60.8 Å². The number of hydrogen-bond acceptors (Lipinski definition) is 4. The van der Waals surface area contributed by atoms with Gasteiger partial charge in [-0.2, -0.15) is 0 Å². The van der Waals surface area contributed by atoms with Crippen LogP contribution in [0.2, 0.25) is 0 Å². The monoisotopic (exact) mass is 512 g/mol. The summed E-state index contributed by atoms with van der Waals surface area (Å²) >= 11 is 0. The molecule has 0 saturated carbocycles. The Kier molecular flexibility index (Phi) is 11.5. The minimum atomic E-state index is 0. The van der Waals surface area contributed by atoms with Gasteiger partial charge in [0.05, 0.1) is 20.8 Å². The van der Waals surface area contributed by atoms with E-state index in [-0.39, 0.29) is 24.0 Å². The second-order valence-electron chi connectivity index (χ2n) is 6.80. The lowest BCUT2D eigenvalue weighted by atomic mass is 10.1. The van der Waals surface area contributed by atoms with Gasteiger partial charge in [-0.15, -0.1) is 24.0 Å². The van der Waals surface area contributed by atoms with E-state index in [1.54, 1.807) is 14.2 Å². The Balaban J connectivity index is 0.00000420. The average Bonchev–Trinajstić information content (AvgIpc) is 2.69. The zero-order valence-corrected chi connectivity index (χ0v) is 20.3. The van der Waals surface area contributed by atoms with Gasteiger partial charge in [-0.05, 0) is 49.8 Å². The van der Waals surface area contributed by atoms with Gasteiger partial charge in [0, 0.05) is 19.6 Å². The van der Waals surface area contributed by atoms with Crippen molar-refractivity contribution in [2.24, 2.45) is 4.99 Å². The molecule has 7 heteroatoms. The van der Waals surface area contributed by atoms with Crippen molar-refractivity contribution < 1.29 is 9.47 Å². The lowest BCUT2D eigenvalue weighted by molar-refractivity contribution is 0.354. The number of ether oxygens (including phenoxy) is 2. The number of nitrogens with one attached hydrogen (secondary N) is 2. The third-order valence-electron chi connectivity index (χ3n) is 4.16. The minimum Gasteiger partial charge on any atom is -0.493 e.